The standard InChI is InChI=1S/C18H24N4O3/c1-12-17(24-13(2)20-12)18(23)22-8-6-16(11-22)25-15-5-7-19-14(9-15)10-21(3)4/h5,7,9,16H,6,8,10-11H2,1-4H3. The number of carbonyl (C=O) groups is 1. The first kappa shape index (κ1) is 17.4. The highest BCUT2D eigenvalue weighted by molar-refractivity contribution is 5.92. The maximum atomic E-state index is 12.6. The fraction of sp³-hybridized carbons (Fsp3) is 0.500. The molecule has 1 saturated heterocycles. The van der Waals surface area contributed by atoms with Gasteiger partial charge in [0.25, 0.3) is 5.91 Å². The third-order valence-electron chi connectivity index (χ3n) is 4.10. The molecule has 3 heterocycles. The third kappa shape index (κ3) is 4.17. The zero-order chi connectivity index (χ0) is 18.0. The second-order valence-electron chi connectivity index (χ2n) is 6.65. The van der Waals surface area contributed by atoms with Gasteiger partial charge in [0.05, 0.1) is 17.9 Å². The molecule has 0 aromatic carbocycles. The number of hydrogen-bond acceptors (Lipinski definition) is 6. The summed E-state index contributed by atoms with van der Waals surface area (Å²) < 4.78 is 11.5. The molecule has 7 nitrogen and oxygen atoms in total. The molecule has 1 unspecified atom stereocenters. The van der Waals surface area contributed by atoms with Crippen molar-refractivity contribution in [3.8, 4) is 5.75 Å². The first-order chi connectivity index (χ1) is 11.9. The van der Waals surface area contributed by atoms with Gasteiger partial charge < -0.3 is 19.0 Å². The van der Waals surface area contributed by atoms with E-state index in [1.807, 2.05) is 26.2 Å². The summed E-state index contributed by atoms with van der Waals surface area (Å²) in [6.07, 6.45) is 2.53. The van der Waals surface area contributed by atoms with Gasteiger partial charge in [-0.1, -0.05) is 0 Å². The van der Waals surface area contributed by atoms with Crippen LogP contribution in [-0.2, 0) is 6.54 Å². The summed E-state index contributed by atoms with van der Waals surface area (Å²) in [6, 6.07) is 3.81. The van der Waals surface area contributed by atoms with Crippen molar-refractivity contribution in [1.29, 1.82) is 0 Å². The summed E-state index contributed by atoms with van der Waals surface area (Å²) in [6.45, 7) is 5.49. The lowest BCUT2D eigenvalue weighted by atomic mass is 10.3. The molecule has 0 N–H and O–H groups in total. The van der Waals surface area contributed by atoms with Crippen LogP contribution in [0.4, 0.5) is 0 Å². The highest BCUT2D eigenvalue weighted by atomic mass is 16.5. The minimum absolute atomic E-state index is 0.0251. The molecule has 1 amide bonds. The van der Waals surface area contributed by atoms with E-state index >= 15 is 0 Å². The number of carbonyl (C=O) groups excluding carboxylic acids is 1. The molecule has 3 rings (SSSR count). The van der Waals surface area contributed by atoms with Gasteiger partial charge in [-0.05, 0) is 27.1 Å². The molecule has 0 radical (unpaired) electrons. The Morgan fingerprint density at radius 3 is 2.92 bits per heavy atom. The fourth-order valence-corrected chi connectivity index (χ4v) is 3.01. The molecule has 1 atom stereocenters. The van der Waals surface area contributed by atoms with Crippen LogP contribution in [0.3, 0.4) is 0 Å². The average Bonchev–Trinajstić information content (AvgIpc) is 3.12. The molecule has 0 spiro atoms. The molecule has 1 aliphatic rings. The maximum absolute atomic E-state index is 12.6. The van der Waals surface area contributed by atoms with E-state index in [0.717, 1.165) is 24.4 Å². The second-order valence-corrected chi connectivity index (χ2v) is 6.65. The summed E-state index contributed by atoms with van der Waals surface area (Å²) in [5.41, 5.74) is 1.59. The number of hydrogen-bond donors (Lipinski definition) is 0. The molecular weight excluding hydrogens is 320 g/mol. The van der Waals surface area contributed by atoms with Crippen molar-refractivity contribution in [2.75, 3.05) is 27.2 Å². The molecule has 134 valence electrons. The van der Waals surface area contributed by atoms with Crippen LogP contribution in [-0.4, -0.2) is 59.0 Å². The molecule has 0 bridgehead atoms. The van der Waals surface area contributed by atoms with E-state index in [0.29, 0.717) is 30.4 Å². The third-order valence-corrected chi connectivity index (χ3v) is 4.10. The number of aryl methyl sites for hydroxylation is 2. The Morgan fingerprint density at radius 1 is 1.44 bits per heavy atom. The topological polar surface area (TPSA) is 71.7 Å². The van der Waals surface area contributed by atoms with Gasteiger partial charge in [-0.2, -0.15) is 0 Å². The monoisotopic (exact) mass is 344 g/mol. The van der Waals surface area contributed by atoms with E-state index in [9.17, 15) is 4.79 Å². The van der Waals surface area contributed by atoms with E-state index in [-0.39, 0.29) is 12.0 Å². The van der Waals surface area contributed by atoms with E-state index in [2.05, 4.69) is 14.9 Å². The van der Waals surface area contributed by atoms with Crippen molar-refractivity contribution in [3.05, 3.63) is 41.4 Å². The van der Waals surface area contributed by atoms with Crippen LogP contribution >= 0.6 is 0 Å². The molecule has 0 saturated carbocycles. The smallest absolute Gasteiger partial charge is 0.291 e. The van der Waals surface area contributed by atoms with Gasteiger partial charge in [0.1, 0.15) is 11.9 Å². The maximum Gasteiger partial charge on any atom is 0.291 e. The highest BCUT2D eigenvalue weighted by Gasteiger charge is 2.31. The second kappa shape index (κ2) is 7.23. The highest BCUT2D eigenvalue weighted by Crippen LogP contribution is 2.21. The van der Waals surface area contributed by atoms with E-state index in [1.165, 1.54) is 0 Å². The molecule has 1 aliphatic heterocycles. The van der Waals surface area contributed by atoms with Crippen molar-refractivity contribution >= 4 is 5.91 Å². The predicted octanol–water partition coefficient (Wildman–Crippen LogP) is 2.04. The SMILES string of the molecule is Cc1nc(C)c(C(=O)N2CCC(Oc3ccnc(CN(C)C)c3)C2)o1. The zero-order valence-electron chi connectivity index (χ0n) is 15.2. The van der Waals surface area contributed by atoms with Gasteiger partial charge in [-0.15, -0.1) is 0 Å². The van der Waals surface area contributed by atoms with Gasteiger partial charge in [-0.25, -0.2) is 4.98 Å². The lowest BCUT2D eigenvalue weighted by Crippen LogP contribution is -2.31. The fourth-order valence-electron chi connectivity index (χ4n) is 3.01. The number of oxazole rings is 1. The Labute approximate surface area is 147 Å². The quantitative estimate of drug-likeness (QED) is 0.827. The Bertz CT molecular complexity index is 757. The predicted molar refractivity (Wildman–Crippen MR) is 92.5 cm³/mol. The van der Waals surface area contributed by atoms with Gasteiger partial charge in [-0.3, -0.25) is 9.78 Å². The van der Waals surface area contributed by atoms with Crippen LogP contribution in [0.1, 0.15) is 34.3 Å². The van der Waals surface area contributed by atoms with Crippen LogP contribution in [0.5, 0.6) is 5.75 Å². The van der Waals surface area contributed by atoms with E-state index < -0.39 is 0 Å². The number of rotatable bonds is 5. The number of pyridine rings is 1. The zero-order valence-corrected chi connectivity index (χ0v) is 15.2. The Hall–Kier alpha value is -2.41. The van der Waals surface area contributed by atoms with Crippen LogP contribution in [0.25, 0.3) is 0 Å². The molecule has 7 heteroatoms. The van der Waals surface area contributed by atoms with E-state index in [1.54, 1.807) is 24.9 Å². The van der Waals surface area contributed by atoms with Gasteiger partial charge >= 0.3 is 0 Å². The first-order valence-electron chi connectivity index (χ1n) is 8.42. The normalized spacial score (nSPS) is 17.3. The number of likely N-dealkylation sites (tertiary alicyclic amines) is 1. The molecule has 0 aliphatic carbocycles. The van der Waals surface area contributed by atoms with Gasteiger partial charge in [0, 0.05) is 38.7 Å². The average molecular weight is 344 g/mol. The van der Waals surface area contributed by atoms with Gasteiger partial charge in [0.15, 0.2) is 5.89 Å². The van der Waals surface area contributed by atoms with Crippen molar-refractivity contribution in [2.45, 2.75) is 32.9 Å². The summed E-state index contributed by atoms with van der Waals surface area (Å²) in [5.74, 6) is 1.51. The molecule has 2 aromatic rings. The van der Waals surface area contributed by atoms with Crippen LogP contribution in [0.2, 0.25) is 0 Å². The van der Waals surface area contributed by atoms with Crippen LogP contribution in [0.15, 0.2) is 22.7 Å². The summed E-state index contributed by atoms with van der Waals surface area (Å²) in [7, 11) is 4.01. The Balaban J connectivity index is 1.61. The van der Waals surface area contributed by atoms with Crippen molar-refractivity contribution < 1.29 is 13.9 Å². The summed E-state index contributed by atoms with van der Waals surface area (Å²) >= 11 is 0. The molecule has 1 fully saturated rings. The lowest BCUT2D eigenvalue weighted by molar-refractivity contribution is 0.0738. The molecule has 25 heavy (non-hydrogen) atoms. The Kier molecular flexibility index (Phi) is 5.03. The van der Waals surface area contributed by atoms with Crippen molar-refractivity contribution in [3.63, 3.8) is 0 Å². The van der Waals surface area contributed by atoms with Gasteiger partial charge in [0.2, 0.25) is 5.76 Å². The van der Waals surface area contributed by atoms with Crippen molar-refractivity contribution in [1.82, 2.24) is 19.8 Å². The minimum Gasteiger partial charge on any atom is -0.488 e. The Morgan fingerprint density at radius 2 is 2.24 bits per heavy atom. The van der Waals surface area contributed by atoms with Crippen LogP contribution < -0.4 is 4.74 Å². The summed E-state index contributed by atoms with van der Waals surface area (Å²) in [4.78, 5) is 24.9. The molecular formula is C18H24N4O3. The molecule has 2 aromatic heterocycles. The number of nitrogens with zero attached hydrogens (tertiary/aromatic N) is 4. The van der Waals surface area contributed by atoms with E-state index in [4.69, 9.17) is 9.15 Å². The summed E-state index contributed by atoms with van der Waals surface area (Å²) in [5, 5.41) is 0. The minimum atomic E-state index is -0.118. The first-order valence-corrected chi connectivity index (χ1v) is 8.42. The van der Waals surface area contributed by atoms with Crippen LogP contribution in [0, 0.1) is 13.8 Å². The lowest BCUT2D eigenvalue weighted by Gasteiger charge is -2.17. The number of amides is 1. The number of ether oxygens (including phenoxy) is 1. The van der Waals surface area contributed by atoms with Crippen molar-refractivity contribution in [2.24, 2.45) is 0 Å². The number of aromatic nitrogens is 2. The largest absolute Gasteiger partial charge is 0.488 e.